The largest absolute Gasteiger partial charge is 0.477 e. The van der Waals surface area contributed by atoms with Gasteiger partial charge in [-0.25, -0.2) is 27.0 Å². The molecule has 3 heterocycles. The van der Waals surface area contributed by atoms with Crippen LogP contribution < -0.4 is 21.8 Å². The van der Waals surface area contributed by atoms with Crippen molar-refractivity contribution in [1.82, 2.24) is 19.6 Å². The summed E-state index contributed by atoms with van der Waals surface area (Å²) >= 11 is 0. The van der Waals surface area contributed by atoms with Gasteiger partial charge in [-0.1, -0.05) is 5.21 Å². The van der Waals surface area contributed by atoms with E-state index in [0.29, 0.717) is 16.8 Å². The first-order valence-electron chi connectivity index (χ1n) is 10.5. The summed E-state index contributed by atoms with van der Waals surface area (Å²) in [6, 6.07) is 1.15. The Morgan fingerprint density at radius 2 is 1.89 bits per heavy atom. The predicted molar refractivity (Wildman–Crippen MR) is 120 cm³/mol. The van der Waals surface area contributed by atoms with Crippen molar-refractivity contribution in [3.05, 3.63) is 75.8 Å². The van der Waals surface area contributed by atoms with Crippen LogP contribution in [0.25, 0.3) is 16.6 Å². The lowest BCUT2D eigenvalue weighted by molar-refractivity contribution is 0.0695. The number of hydrogen-bond donors (Lipinski definition) is 3. The molecule has 2 aromatic carbocycles. The van der Waals surface area contributed by atoms with Crippen LogP contribution >= 0.6 is 0 Å². The van der Waals surface area contributed by atoms with Crippen molar-refractivity contribution in [3.8, 4) is 5.69 Å². The minimum atomic E-state index is -1.73. The van der Waals surface area contributed by atoms with E-state index in [1.165, 1.54) is 22.0 Å². The molecule has 0 spiro atoms. The van der Waals surface area contributed by atoms with Gasteiger partial charge in [0.1, 0.15) is 22.9 Å². The van der Waals surface area contributed by atoms with Crippen molar-refractivity contribution in [1.29, 1.82) is 0 Å². The summed E-state index contributed by atoms with van der Waals surface area (Å²) in [5.74, 6) is -6.48. The first-order valence-corrected chi connectivity index (χ1v) is 10.5. The summed E-state index contributed by atoms with van der Waals surface area (Å²) in [6.07, 6.45) is 3.64. The highest BCUT2D eigenvalue weighted by atomic mass is 19.1. The quantitative estimate of drug-likeness (QED) is 0.282. The fraction of sp³-hybridized carbons (Fsp3) is 0.182. The number of halogens is 4. The molecule has 1 aliphatic heterocycles. The number of aromatic carboxylic acids is 1. The first kappa shape index (κ1) is 23.3. The van der Waals surface area contributed by atoms with Gasteiger partial charge in [-0.3, -0.25) is 4.79 Å². The molecule has 36 heavy (non-hydrogen) atoms. The average molecular weight is 503 g/mol. The maximum atomic E-state index is 16.1. The van der Waals surface area contributed by atoms with Crippen molar-refractivity contribution in [2.45, 2.75) is 12.1 Å². The topological polar surface area (TPSA) is 145 Å². The highest BCUT2D eigenvalue weighted by molar-refractivity contribution is 6.00. The van der Waals surface area contributed by atoms with E-state index < -0.39 is 80.3 Å². The SMILES string of the molecule is Nc1c(F)c(N2CC(N)C(n3ccnn3)C2)c(F)c2c1c(=O)c(C(=O)O)cn2-c1ccc(F)cc1F. The third-order valence-corrected chi connectivity index (χ3v) is 6.17. The van der Waals surface area contributed by atoms with E-state index in [1.54, 1.807) is 0 Å². The second-order valence-electron chi connectivity index (χ2n) is 8.28. The van der Waals surface area contributed by atoms with Crippen LogP contribution in [0.1, 0.15) is 16.4 Å². The van der Waals surface area contributed by atoms with Gasteiger partial charge in [-0.2, -0.15) is 0 Å². The van der Waals surface area contributed by atoms with Crippen molar-refractivity contribution in [2.75, 3.05) is 23.7 Å². The molecule has 186 valence electrons. The number of carbonyl (C=O) groups is 1. The number of benzene rings is 2. The van der Waals surface area contributed by atoms with Gasteiger partial charge in [0.15, 0.2) is 11.6 Å². The summed E-state index contributed by atoms with van der Waals surface area (Å²) < 4.78 is 62.0. The van der Waals surface area contributed by atoms with Crippen LogP contribution in [0, 0.1) is 23.3 Å². The van der Waals surface area contributed by atoms with Crippen molar-refractivity contribution in [2.24, 2.45) is 5.73 Å². The Morgan fingerprint density at radius 1 is 1.14 bits per heavy atom. The molecule has 14 heteroatoms. The monoisotopic (exact) mass is 503 g/mol. The van der Waals surface area contributed by atoms with E-state index in [9.17, 15) is 23.5 Å². The van der Waals surface area contributed by atoms with Crippen LogP contribution in [0.2, 0.25) is 0 Å². The van der Waals surface area contributed by atoms with Crippen LogP contribution in [0.3, 0.4) is 0 Å². The second-order valence-corrected chi connectivity index (χ2v) is 8.28. The fourth-order valence-electron chi connectivity index (χ4n) is 4.49. The Kier molecular flexibility index (Phi) is 5.39. The molecular formula is C22H17F4N7O3. The van der Waals surface area contributed by atoms with E-state index >= 15 is 8.78 Å². The standard InChI is InChI=1S/C22H17F4N7O3/c23-9-1-2-13(11(24)5-9)32-6-10(22(35)36)21(34)15-18(28)16(25)20(17(26)19(15)32)31-7-12(27)14(8-31)33-4-3-29-30-33/h1-6,12,14H,7-8,27-28H2,(H,35,36). The molecule has 5 rings (SSSR count). The van der Waals surface area contributed by atoms with Crippen LogP contribution in [-0.4, -0.2) is 49.8 Å². The summed E-state index contributed by atoms with van der Waals surface area (Å²) in [7, 11) is 0. The van der Waals surface area contributed by atoms with Gasteiger partial charge in [0.05, 0.1) is 34.5 Å². The maximum absolute atomic E-state index is 16.1. The number of nitrogens with two attached hydrogens (primary N) is 2. The lowest BCUT2D eigenvalue weighted by Crippen LogP contribution is -2.31. The van der Waals surface area contributed by atoms with E-state index in [0.717, 1.165) is 12.1 Å². The Hall–Kier alpha value is -4.46. The number of rotatable bonds is 4. The van der Waals surface area contributed by atoms with Gasteiger partial charge in [0, 0.05) is 37.6 Å². The molecule has 1 fully saturated rings. The van der Waals surface area contributed by atoms with Crippen LogP contribution in [-0.2, 0) is 0 Å². The van der Waals surface area contributed by atoms with E-state index in [2.05, 4.69) is 10.3 Å². The molecular weight excluding hydrogens is 486 g/mol. The smallest absolute Gasteiger partial charge is 0.341 e. The van der Waals surface area contributed by atoms with Gasteiger partial charge in [-0.15, -0.1) is 5.10 Å². The molecule has 0 bridgehead atoms. The number of carboxylic acid groups (broad SMARTS) is 1. The molecule has 0 amide bonds. The molecule has 2 aromatic heterocycles. The van der Waals surface area contributed by atoms with Crippen LogP contribution in [0.4, 0.5) is 28.9 Å². The molecule has 2 unspecified atom stereocenters. The number of fused-ring (bicyclic) bond motifs is 1. The van der Waals surface area contributed by atoms with E-state index in [-0.39, 0.29) is 13.1 Å². The molecule has 4 aromatic rings. The predicted octanol–water partition coefficient (Wildman–Crippen LogP) is 1.81. The number of pyridine rings is 1. The highest BCUT2D eigenvalue weighted by Crippen LogP contribution is 2.38. The number of anilines is 2. The van der Waals surface area contributed by atoms with E-state index in [1.807, 2.05) is 0 Å². The summed E-state index contributed by atoms with van der Waals surface area (Å²) in [4.78, 5) is 25.9. The third kappa shape index (κ3) is 3.45. The molecule has 1 saturated heterocycles. The number of hydrogen-bond acceptors (Lipinski definition) is 7. The highest BCUT2D eigenvalue weighted by Gasteiger charge is 2.37. The van der Waals surface area contributed by atoms with Crippen LogP contribution in [0.15, 0.2) is 41.6 Å². The molecule has 0 aliphatic carbocycles. The molecule has 10 nitrogen and oxygen atoms in total. The minimum absolute atomic E-state index is 0.00827. The Morgan fingerprint density at radius 3 is 2.53 bits per heavy atom. The van der Waals surface area contributed by atoms with E-state index in [4.69, 9.17) is 11.5 Å². The second kappa shape index (κ2) is 8.34. The summed E-state index contributed by atoms with van der Waals surface area (Å²) in [5, 5.41) is 16.3. The lowest BCUT2D eigenvalue weighted by atomic mass is 10.1. The Labute approximate surface area is 198 Å². The van der Waals surface area contributed by atoms with Crippen molar-refractivity contribution in [3.63, 3.8) is 0 Å². The summed E-state index contributed by atoms with van der Waals surface area (Å²) in [5.41, 5.74) is 7.26. The zero-order valence-corrected chi connectivity index (χ0v) is 18.2. The molecule has 0 saturated carbocycles. The van der Waals surface area contributed by atoms with Gasteiger partial charge in [0.2, 0.25) is 5.43 Å². The normalized spacial score (nSPS) is 17.8. The third-order valence-electron chi connectivity index (χ3n) is 6.17. The summed E-state index contributed by atoms with van der Waals surface area (Å²) in [6.45, 7) is -0.0443. The zero-order valence-electron chi connectivity index (χ0n) is 18.2. The molecule has 2 atom stereocenters. The zero-order chi connectivity index (χ0) is 25.9. The molecule has 5 N–H and O–H groups in total. The average Bonchev–Trinajstić information content (AvgIpc) is 3.47. The lowest BCUT2D eigenvalue weighted by Gasteiger charge is -2.23. The van der Waals surface area contributed by atoms with Crippen LogP contribution in [0.5, 0.6) is 0 Å². The molecule has 0 radical (unpaired) electrons. The van der Waals surface area contributed by atoms with Gasteiger partial charge < -0.3 is 26.0 Å². The Balaban J connectivity index is 1.81. The first-order chi connectivity index (χ1) is 17.1. The van der Waals surface area contributed by atoms with Gasteiger partial charge in [0.25, 0.3) is 0 Å². The fourth-order valence-corrected chi connectivity index (χ4v) is 4.49. The van der Waals surface area contributed by atoms with Crippen molar-refractivity contribution >= 4 is 28.2 Å². The number of aromatic nitrogens is 4. The van der Waals surface area contributed by atoms with Gasteiger partial charge in [-0.05, 0) is 12.1 Å². The number of nitrogens with zero attached hydrogens (tertiary/aromatic N) is 5. The minimum Gasteiger partial charge on any atom is -0.477 e. The Bertz CT molecular complexity index is 1590. The maximum Gasteiger partial charge on any atom is 0.341 e. The number of carboxylic acids is 1. The number of nitrogen functional groups attached to an aromatic ring is 1. The van der Waals surface area contributed by atoms with Gasteiger partial charge >= 0.3 is 5.97 Å². The van der Waals surface area contributed by atoms with Crippen molar-refractivity contribution < 1.29 is 27.5 Å². The molecule has 1 aliphatic rings.